The number of aliphatic carboxylic acids is 2. The molecule has 1 aliphatic carbocycles. The van der Waals surface area contributed by atoms with Gasteiger partial charge in [0, 0.05) is 18.5 Å². The highest BCUT2D eigenvalue weighted by Gasteiger charge is 2.45. The van der Waals surface area contributed by atoms with Crippen LogP contribution in [0.15, 0.2) is 0 Å². The fourth-order valence-electron chi connectivity index (χ4n) is 3.76. The number of hydrogen-bond acceptors (Lipinski definition) is 3. The topological polar surface area (TPSA) is 116 Å². The van der Waals surface area contributed by atoms with Gasteiger partial charge in [0.1, 0.15) is 0 Å². The molecule has 0 heterocycles. The van der Waals surface area contributed by atoms with E-state index in [4.69, 9.17) is 11.6 Å². The number of hydrogen-bond donors (Lipinski definition) is 4. The van der Waals surface area contributed by atoms with Crippen molar-refractivity contribution < 1.29 is 24.6 Å². The first kappa shape index (κ1) is 23.5. The lowest BCUT2D eigenvalue weighted by Crippen LogP contribution is -2.44. The second-order valence-electron chi connectivity index (χ2n) is 7.50. The third-order valence-electron chi connectivity index (χ3n) is 5.57. The zero-order chi connectivity index (χ0) is 20.3. The first-order valence-electron chi connectivity index (χ1n) is 9.92. The molecular weight excluding hydrogens is 372 g/mol. The summed E-state index contributed by atoms with van der Waals surface area (Å²) in [5.74, 6) is -1.78. The Hall–Kier alpha value is -1.50. The molecule has 8 heteroatoms. The van der Waals surface area contributed by atoms with E-state index in [1.165, 1.54) is 0 Å². The van der Waals surface area contributed by atoms with Gasteiger partial charge in [-0.25, -0.2) is 4.79 Å². The Balaban J connectivity index is 2.49. The van der Waals surface area contributed by atoms with Crippen LogP contribution in [0.1, 0.15) is 71.1 Å². The molecule has 0 aliphatic heterocycles. The maximum absolute atomic E-state index is 11.7. The van der Waals surface area contributed by atoms with Crippen molar-refractivity contribution in [3.63, 3.8) is 0 Å². The molecule has 2 amide bonds. The molecule has 0 atom stereocenters. The van der Waals surface area contributed by atoms with Crippen molar-refractivity contribution in [1.82, 2.24) is 10.6 Å². The van der Waals surface area contributed by atoms with E-state index in [-0.39, 0.29) is 24.9 Å². The predicted molar refractivity (Wildman–Crippen MR) is 104 cm³/mol. The van der Waals surface area contributed by atoms with Crippen LogP contribution in [0.2, 0.25) is 0 Å². The number of unbranched alkanes of at least 4 members (excludes halogenated alkanes) is 2. The van der Waals surface area contributed by atoms with Crippen LogP contribution in [0.4, 0.5) is 4.79 Å². The van der Waals surface area contributed by atoms with Crippen molar-refractivity contribution in [3.8, 4) is 0 Å². The van der Waals surface area contributed by atoms with Crippen LogP contribution in [-0.2, 0) is 9.59 Å². The number of amides is 2. The summed E-state index contributed by atoms with van der Waals surface area (Å²) < 4.78 is 0. The number of nitrogens with one attached hydrogen (secondary N) is 2. The average Bonchev–Trinajstić information content (AvgIpc) is 2.63. The SMILES string of the molecule is CCCCCC(CCC1CCC(NC(=O)NCCCl)CC1)(C(=O)O)C(=O)O. The van der Waals surface area contributed by atoms with Crippen LogP contribution < -0.4 is 10.6 Å². The highest BCUT2D eigenvalue weighted by molar-refractivity contribution is 6.18. The molecule has 0 spiro atoms. The Morgan fingerprint density at radius 1 is 1.04 bits per heavy atom. The minimum atomic E-state index is -1.67. The van der Waals surface area contributed by atoms with Gasteiger partial charge in [-0.15, -0.1) is 11.6 Å². The van der Waals surface area contributed by atoms with E-state index in [0.717, 1.165) is 38.5 Å². The van der Waals surface area contributed by atoms with E-state index >= 15 is 0 Å². The largest absolute Gasteiger partial charge is 0.480 e. The lowest BCUT2D eigenvalue weighted by Gasteiger charge is -2.31. The average molecular weight is 405 g/mol. The highest BCUT2D eigenvalue weighted by atomic mass is 35.5. The summed E-state index contributed by atoms with van der Waals surface area (Å²) in [6.07, 6.45) is 6.69. The lowest BCUT2D eigenvalue weighted by atomic mass is 9.74. The van der Waals surface area contributed by atoms with Gasteiger partial charge in [-0.3, -0.25) is 9.59 Å². The quantitative estimate of drug-likeness (QED) is 0.225. The van der Waals surface area contributed by atoms with Crippen molar-refractivity contribution in [3.05, 3.63) is 0 Å². The van der Waals surface area contributed by atoms with E-state index < -0.39 is 17.4 Å². The monoisotopic (exact) mass is 404 g/mol. The maximum atomic E-state index is 11.7. The molecule has 7 nitrogen and oxygen atoms in total. The summed E-state index contributed by atoms with van der Waals surface area (Å²) >= 11 is 5.54. The van der Waals surface area contributed by atoms with Gasteiger partial charge in [0.15, 0.2) is 5.41 Å². The molecule has 0 aromatic heterocycles. The molecule has 0 aromatic rings. The smallest absolute Gasteiger partial charge is 0.321 e. The number of alkyl halides is 1. The van der Waals surface area contributed by atoms with Gasteiger partial charge in [0.05, 0.1) is 0 Å². The maximum Gasteiger partial charge on any atom is 0.321 e. The molecule has 0 aromatic carbocycles. The minimum Gasteiger partial charge on any atom is -0.480 e. The molecule has 0 unspecified atom stereocenters. The summed E-state index contributed by atoms with van der Waals surface area (Å²) in [7, 11) is 0. The number of rotatable bonds is 12. The van der Waals surface area contributed by atoms with Crippen molar-refractivity contribution in [1.29, 1.82) is 0 Å². The third-order valence-corrected chi connectivity index (χ3v) is 5.76. The molecule has 0 saturated heterocycles. The molecule has 1 fully saturated rings. The first-order valence-corrected chi connectivity index (χ1v) is 10.5. The summed E-state index contributed by atoms with van der Waals surface area (Å²) in [6, 6.07) is -0.115. The van der Waals surface area contributed by atoms with Gasteiger partial charge < -0.3 is 20.8 Å². The van der Waals surface area contributed by atoms with Gasteiger partial charge in [-0.05, 0) is 50.9 Å². The number of carbonyl (C=O) groups is 3. The molecule has 1 aliphatic rings. The number of carboxylic acids is 2. The van der Waals surface area contributed by atoms with Crippen molar-refractivity contribution >= 4 is 29.6 Å². The van der Waals surface area contributed by atoms with Crippen LogP contribution in [0.3, 0.4) is 0 Å². The molecule has 4 N–H and O–H groups in total. The highest BCUT2D eigenvalue weighted by Crippen LogP contribution is 2.36. The Morgan fingerprint density at radius 2 is 1.67 bits per heavy atom. The number of carbonyl (C=O) groups excluding carboxylic acids is 1. The van der Waals surface area contributed by atoms with Gasteiger partial charge in [-0.1, -0.05) is 26.2 Å². The molecule has 0 bridgehead atoms. The number of carboxylic acid groups (broad SMARTS) is 2. The Labute approximate surface area is 166 Å². The Bertz CT molecular complexity index is 478. The van der Waals surface area contributed by atoms with Crippen LogP contribution in [0.25, 0.3) is 0 Å². The second kappa shape index (κ2) is 12.1. The fraction of sp³-hybridized carbons (Fsp3) is 0.842. The summed E-state index contributed by atoms with van der Waals surface area (Å²) in [5.41, 5.74) is -1.67. The van der Waals surface area contributed by atoms with Crippen LogP contribution in [-0.4, -0.2) is 46.6 Å². The minimum absolute atomic E-state index is 0.102. The summed E-state index contributed by atoms with van der Waals surface area (Å²) in [4.78, 5) is 35.2. The van der Waals surface area contributed by atoms with E-state index in [9.17, 15) is 24.6 Å². The van der Waals surface area contributed by atoms with Crippen molar-refractivity contribution in [2.45, 2.75) is 77.2 Å². The molecule has 27 heavy (non-hydrogen) atoms. The van der Waals surface area contributed by atoms with E-state index in [1.807, 2.05) is 6.92 Å². The molecule has 1 rings (SSSR count). The Kier molecular flexibility index (Phi) is 10.5. The number of urea groups is 1. The van der Waals surface area contributed by atoms with Crippen LogP contribution in [0.5, 0.6) is 0 Å². The van der Waals surface area contributed by atoms with Gasteiger partial charge >= 0.3 is 18.0 Å². The van der Waals surface area contributed by atoms with Crippen molar-refractivity contribution in [2.75, 3.05) is 12.4 Å². The predicted octanol–water partition coefficient (Wildman–Crippen LogP) is 3.60. The summed E-state index contributed by atoms with van der Waals surface area (Å²) in [5, 5.41) is 24.8. The molecule has 1 saturated carbocycles. The van der Waals surface area contributed by atoms with Gasteiger partial charge in [0.25, 0.3) is 0 Å². The normalized spacial score (nSPS) is 20.1. The number of halogens is 1. The Morgan fingerprint density at radius 3 is 2.19 bits per heavy atom. The molecular formula is C19H33ClN2O5. The van der Waals surface area contributed by atoms with Crippen molar-refractivity contribution in [2.24, 2.45) is 11.3 Å². The molecule has 0 radical (unpaired) electrons. The lowest BCUT2D eigenvalue weighted by molar-refractivity contribution is -0.166. The molecule has 156 valence electrons. The van der Waals surface area contributed by atoms with E-state index in [1.54, 1.807) is 0 Å². The van der Waals surface area contributed by atoms with E-state index in [0.29, 0.717) is 31.2 Å². The van der Waals surface area contributed by atoms with Gasteiger partial charge in [-0.2, -0.15) is 0 Å². The van der Waals surface area contributed by atoms with Gasteiger partial charge in [0.2, 0.25) is 0 Å². The second-order valence-corrected chi connectivity index (χ2v) is 7.87. The van der Waals surface area contributed by atoms with Crippen LogP contribution in [0, 0.1) is 11.3 Å². The third kappa shape index (κ3) is 7.56. The fourth-order valence-corrected chi connectivity index (χ4v) is 3.86. The zero-order valence-electron chi connectivity index (χ0n) is 16.1. The van der Waals surface area contributed by atoms with E-state index in [2.05, 4.69) is 10.6 Å². The zero-order valence-corrected chi connectivity index (χ0v) is 16.9. The summed E-state index contributed by atoms with van der Waals surface area (Å²) in [6.45, 7) is 2.43. The standard InChI is InChI=1S/C19H33ClN2O5/c1-2-3-4-10-19(16(23)24,17(25)26)11-9-14-5-7-15(8-6-14)22-18(27)21-13-12-20/h14-15H,2-13H2,1H3,(H,23,24)(H,25,26)(H2,21,22,27). The van der Waals surface area contributed by atoms with Crippen LogP contribution >= 0.6 is 11.6 Å². The first-order chi connectivity index (χ1) is 12.9.